The van der Waals surface area contributed by atoms with E-state index >= 15 is 0 Å². The van der Waals surface area contributed by atoms with Crippen molar-refractivity contribution in [1.29, 1.82) is 0 Å². The van der Waals surface area contributed by atoms with Crippen LogP contribution in [0.1, 0.15) is 44.9 Å². The van der Waals surface area contributed by atoms with Crippen LogP contribution in [0, 0.1) is 5.92 Å². The molecule has 2 aliphatic rings. The lowest BCUT2D eigenvalue weighted by molar-refractivity contribution is -0.139. The minimum Gasteiger partial charge on any atom is -0.480 e. The zero-order valence-corrected chi connectivity index (χ0v) is 12.1. The summed E-state index contributed by atoms with van der Waals surface area (Å²) in [6.45, 7) is 0.676. The molecule has 0 radical (unpaired) electrons. The van der Waals surface area contributed by atoms with Crippen molar-refractivity contribution < 1.29 is 19.5 Å². The molecule has 0 aromatic heterocycles. The number of piperidine rings is 1. The van der Waals surface area contributed by atoms with Crippen LogP contribution in [0.4, 0.5) is 4.79 Å². The Morgan fingerprint density at radius 1 is 1.24 bits per heavy atom. The lowest BCUT2D eigenvalue weighted by Crippen LogP contribution is -2.54. The number of likely N-dealkylation sites (tertiary alicyclic amines) is 1. The van der Waals surface area contributed by atoms with Crippen molar-refractivity contribution in [2.75, 3.05) is 6.54 Å². The largest absolute Gasteiger partial charge is 0.480 e. The second-order valence-electron chi connectivity index (χ2n) is 5.94. The van der Waals surface area contributed by atoms with Crippen molar-refractivity contribution in [3.8, 4) is 0 Å². The third-order valence-electron chi connectivity index (χ3n) is 4.53. The maximum Gasteiger partial charge on any atom is 0.326 e. The van der Waals surface area contributed by atoms with Crippen LogP contribution in [0.3, 0.4) is 0 Å². The van der Waals surface area contributed by atoms with Crippen LogP contribution in [0.25, 0.3) is 0 Å². The van der Waals surface area contributed by atoms with Crippen molar-refractivity contribution in [3.05, 3.63) is 0 Å². The number of nitrogens with one attached hydrogen (secondary N) is 1. The van der Waals surface area contributed by atoms with Gasteiger partial charge in [-0.15, -0.1) is 0 Å². The Bertz CT molecular complexity index is 426. The van der Waals surface area contributed by atoms with Gasteiger partial charge in [-0.2, -0.15) is 0 Å². The third kappa shape index (κ3) is 3.86. The molecule has 0 bridgehead atoms. The standard InChI is InChI=1S/C14H23N3O4/c15-12(18)7-6-10(13(19)20)16-14(21)17-8-2-4-9-3-1-5-11(9)17/h9-11H,1-8H2,(H2,15,18)(H,16,21)(H,19,20)/t9?,10-,11?/m1/s1. The molecule has 1 heterocycles. The number of carboxylic acid groups (broad SMARTS) is 1. The first kappa shape index (κ1) is 15.6. The summed E-state index contributed by atoms with van der Waals surface area (Å²) in [5.74, 6) is -1.15. The fourth-order valence-electron chi connectivity index (χ4n) is 3.48. The first-order valence-electron chi connectivity index (χ1n) is 7.57. The molecule has 7 nitrogen and oxygen atoms in total. The lowest BCUT2D eigenvalue weighted by atomic mass is 9.92. The van der Waals surface area contributed by atoms with E-state index in [0.29, 0.717) is 12.5 Å². The fraction of sp³-hybridized carbons (Fsp3) is 0.786. The summed E-state index contributed by atoms with van der Waals surface area (Å²) in [7, 11) is 0. The molecule has 1 saturated heterocycles. The average molecular weight is 297 g/mol. The number of primary amides is 1. The van der Waals surface area contributed by atoms with Crippen molar-refractivity contribution in [2.45, 2.75) is 57.0 Å². The quantitative estimate of drug-likeness (QED) is 0.692. The molecule has 118 valence electrons. The van der Waals surface area contributed by atoms with Gasteiger partial charge in [-0.3, -0.25) is 4.79 Å². The molecule has 0 spiro atoms. The molecule has 2 rings (SSSR count). The van der Waals surface area contributed by atoms with Gasteiger partial charge in [0.15, 0.2) is 0 Å². The van der Waals surface area contributed by atoms with Gasteiger partial charge in [-0.1, -0.05) is 6.42 Å². The maximum atomic E-state index is 12.3. The number of urea groups is 1. The molecule has 21 heavy (non-hydrogen) atoms. The van der Waals surface area contributed by atoms with Gasteiger partial charge in [0.25, 0.3) is 0 Å². The average Bonchev–Trinajstić information content (AvgIpc) is 2.90. The predicted octanol–water partition coefficient (Wildman–Crippen LogP) is 0.679. The Labute approximate surface area is 123 Å². The number of carbonyl (C=O) groups is 3. The molecule has 0 aromatic rings. The van der Waals surface area contributed by atoms with Crippen LogP contribution in [-0.2, 0) is 9.59 Å². The summed E-state index contributed by atoms with van der Waals surface area (Å²) in [4.78, 5) is 36.1. The number of aliphatic carboxylic acids is 1. The van der Waals surface area contributed by atoms with Gasteiger partial charge in [0.05, 0.1) is 0 Å². The number of fused-ring (bicyclic) bond motifs is 1. The van der Waals surface area contributed by atoms with E-state index in [-0.39, 0.29) is 24.9 Å². The SMILES string of the molecule is NC(=O)CC[C@@H](NC(=O)N1CCCC2CCCC21)C(=O)O. The zero-order valence-electron chi connectivity index (χ0n) is 12.1. The van der Waals surface area contributed by atoms with E-state index in [2.05, 4.69) is 5.32 Å². The second-order valence-corrected chi connectivity index (χ2v) is 5.94. The summed E-state index contributed by atoms with van der Waals surface area (Å²) in [5, 5.41) is 11.7. The van der Waals surface area contributed by atoms with Crippen LogP contribution in [0.2, 0.25) is 0 Å². The third-order valence-corrected chi connectivity index (χ3v) is 4.53. The van der Waals surface area contributed by atoms with E-state index in [0.717, 1.165) is 32.1 Å². The van der Waals surface area contributed by atoms with Gasteiger partial charge in [0.2, 0.25) is 5.91 Å². The Morgan fingerprint density at radius 2 is 1.95 bits per heavy atom. The summed E-state index contributed by atoms with van der Waals surface area (Å²) in [5.41, 5.74) is 5.03. The summed E-state index contributed by atoms with van der Waals surface area (Å²) >= 11 is 0. The molecule has 0 aromatic carbocycles. The van der Waals surface area contributed by atoms with Crippen LogP contribution in [0.5, 0.6) is 0 Å². The minimum atomic E-state index is -1.13. The molecule has 4 N–H and O–H groups in total. The highest BCUT2D eigenvalue weighted by molar-refractivity contribution is 5.83. The minimum absolute atomic E-state index is 0.0261. The lowest BCUT2D eigenvalue weighted by Gasteiger charge is -2.38. The first-order valence-corrected chi connectivity index (χ1v) is 7.57. The number of carbonyl (C=O) groups excluding carboxylic acids is 2. The fourth-order valence-corrected chi connectivity index (χ4v) is 3.48. The normalized spacial score (nSPS) is 26.0. The van der Waals surface area contributed by atoms with Crippen LogP contribution in [-0.4, -0.2) is 46.5 Å². The van der Waals surface area contributed by atoms with E-state index in [1.807, 2.05) is 0 Å². The molecule has 2 fully saturated rings. The zero-order chi connectivity index (χ0) is 15.4. The highest BCUT2D eigenvalue weighted by Crippen LogP contribution is 2.36. The molecule has 3 atom stereocenters. The molecule has 1 aliphatic heterocycles. The van der Waals surface area contributed by atoms with Gasteiger partial charge >= 0.3 is 12.0 Å². The molecule has 7 heteroatoms. The Morgan fingerprint density at radius 3 is 2.62 bits per heavy atom. The van der Waals surface area contributed by atoms with Gasteiger partial charge in [0.1, 0.15) is 6.04 Å². The summed E-state index contributed by atoms with van der Waals surface area (Å²) < 4.78 is 0. The van der Waals surface area contributed by atoms with Crippen LogP contribution < -0.4 is 11.1 Å². The van der Waals surface area contributed by atoms with E-state index in [4.69, 9.17) is 10.8 Å². The highest BCUT2D eigenvalue weighted by atomic mass is 16.4. The van der Waals surface area contributed by atoms with E-state index in [1.54, 1.807) is 4.90 Å². The smallest absolute Gasteiger partial charge is 0.326 e. The van der Waals surface area contributed by atoms with Gasteiger partial charge in [-0.25, -0.2) is 9.59 Å². The van der Waals surface area contributed by atoms with Gasteiger partial charge < -0.3 is 21.1 Å². The van der Waals surface area contributed by atoms with Crippen molar-refractivity contribution in [2.24, 2.45) is 11.7 Å². The summed E-state index contributed by atoms with van der Waals surface area (Å²) in [6, 6.07) is -1.15. The number of nitrogens with zero attached hydrogens (tertiary/aromatic N) is 1. The predicted molar refractivity (Wildman–Crippen MR) is 75.5 cm³/mol. The van der Waals surface area contributed by atoms with Crippen LogP contribution in [0.15, 0.2) is 0 Å². The summed E-state index contributed by atoms with van der Waals surface area (Å²) in [6.07, 6.45) is 5.37. The number of hydrogen-bond donors (Lipinski definition) is 3. The topological polar surface area (TPSA) is 113 Å². The Hall–Kier alpha value is -1.79. The van der Waals surface area contributed by atoms with Crippen molar-refractivity contribution in [3.63, 3.8) is 0 Å². The van der Waals surface area contributed by atoms with Gasteiger partial charge in [0, 0.05) is 19.0 Å². The van der Waals surface area contributed by atoms with Gasteiger partial charge in [-0.05, 0) is 38.0 Å². The number of hydrogen-bond acceptors (Lipinski definition) is 3. The number of amides is 3. The number of nitrogens with two attached hydrogens (primary N) is 1. The maximum absolute atomic E-state index is 12.3. The second kappa shape index (κ2) is 6.78. The molecule has 1 saturated carbocycles. The Kier molecular flexibility index (Phi) is 5.03. The molecule has 1 aliphatic carbocycles. The highest BCUT2D eigenvalue weighted by Gasteiger charge is 2.38. The van der Waals surface area contributed by atoms with E-state index in [9.17, 15) is 14.4 Å². The van der Waals surface area contributed by atoms with E-state index < -0.39 is 17.9 Å². The van der Waals surface area contributed by atoms with Crippen molar-refractivity contribution >= 4 is 17.9 Å². The molecule has 3 amide bonds. The molecular weight excluding hydrogens is 274 g/mol. The number of rotatable bonds is 5. The number of carboxylic acids is 1. The van der Waals surface area contributed by atoms with Crippen molar-refractivity contribution in [1.82, 2.24) is 10.2 Å². The molecule has 2 unspecified atom stereocenters. The van der Waals surface area contributed by atoms with Crippen LogP contribution >= 0.6 is 0 Å². The Balaban J connectivity index is 1.94. The molecular formula is C14H23N3O4. The monoisotopic (exact) mass is 297 g/mol. The first-order chi connectivity index (χ1) is 9.99. The van der Waals surface area contributed by atoms with E-state index in [1.165, 1.54) is 0 Å².